The molecule has 0 atom stereocenters. The minimum Gasteiger partial charge on any atom is -0.367 e. The Morgan fingerprint density at radius 2 is 2.38 bits per heavy atom. The highest BCUT2D eigenvalue weighted by molar-refractivity contribution is 5.76. The first kappa shape index (κ1) is 10.9. The lowest BCUT2D eigenvalue weighted by molar-refractivity contribution is -0.123. The largest absolute Gasteiger partial charge is 0.367 e. The number of amides is 1. The molecule has 1 aliphatic rings. The van der Waals surface area contributed by atoms with Crippen molar-refractivity contribution >= 4 is 11.9 Å². The summed E-state index contributed by atoms with van der Waals surface area (Å²) in [7, 11) is 0. The van der Waals surface area contributed by atoms with E-state index in [1.807, 2.05) is 0 Å². The minimum absolute atomic E-state index is 0.0539. The van der Waals surface area contributed by atoms with Gasteiger partial charge in [0.2, 0.25) is 11.9 Å². The summed E-state index contributed by atoms with van der Waals surface area (Å²) in [6, 6.07) is 0. The third-order valence-electron chi connectivity index (χ3n) is 2.92. The highest BCUT2D eigenvalue weighted by Crippen LogP contribution is 2.39. The Labute approximate surface area is 94.2 Å². The van der Waals surface area contributed by atoms with E-state index in [1.54, 1.807) is 0 Å². The number of nitrogen functional groups attached to an aromatic ring is 1. The summed E-state index contributed by atoms with van der Waals surface area (Å²) in [4.78, 5) is 15.5. The molecule has 1 fully saturated rings. The Morgan fingerprint density at radius 3 is 2.88 bits per heavy atom. The highest BCUT2D eigenvalue weighted by Gasteiger charge is 2.38. The Morgan fingerprint density at radius 1 is 1.69 bits per heavy atom. The van der Waals surface area contributed by atoms with E-state index >= 15 is 0 Å². The molecule has 88 valence electrons. The number of nitrogens with one attached hydrogen (secondary N) is 1. The zero-order valence-electron chi connectivity index (χ0n) is 9.60. The minimum atomic E-state index is -0.122. The molecule has 6 nitrogen and oxygen atoms in total. The number of rotatable bonds is 4. The average Bonchev–Trinajstić information content (AvgIpc) is 2.92. The van der Waals surface area contributed by atoms with Gasteiger partial charge in [-0.3, -0.25) is 4.79 Å². The predicted molar refractivity (Wildman–Crippen MR) is 59.4 cm³/mol. The number of aromatic nitrogens is 3. The van der Waals surface area contributed by atoms with Crippen LogP contribution in [0, 0.1) is 5.92 Å². The zero-order chi connectivity index (χ0) is 11.8. The monoisotopic (exact) mass is 223 g/mol. The molecule has 0 aromatic carbocycles. The lowest BCUT2D eigenvalue weighted by atomic mass is 9.99. The third-order valence-corrected chi connectivity index (χ3v) is 2.92. The second-order valence-electron chi connectivity index (χ2n) is 4.84. The van der Waals surface area contributed by atoms with Gasteiger partial charge in [-0.05, 0) is 32.6 Å². The smallest absolute Gasteiger partial charge is 0.242 e. The van der Waals surface area contributed by atoms with Gasteiger partial charge >= 0.3 is 0 Å². The zero-order valence-corrected chi connectivity index (χ0v) is 9.60. The molecule has 0 unspecified atom stereocenters. The Balaban J connectivity index is 1.88. The first-order chi connectivity index (χ1) is 7.47. The summed E-state index contributed by atoms with van der Waals surface area (Å²) in [5.41, 5.74) is 5.24. The number of carbonyl (C=O) groups excluding carboxylic acids is 1. The lowest BCUT2D eigenvalue weighted by Gasteiger charge is -2.26. The standard InChI is InChI=1S/C10H17N5O/c1-10(2,7-3-4-7)13-8(16)5-15-6-12-9(11)14-15/h6-7H,3-5H2,1-2H3,(H2,11,14)(H,13,16). The van der Waals surface area contributed by atoms with Gasteiger partial charge in [-0.1, -0.05) is 0 Å². The van der Waals surface area contributed by atoms with Crippen LogP contribution in [0.25, 0.3) is 0 Å². The van der Waals surface area contributed by atoms with E-state index < -0.39 is 0 Å². The molecule has 16 heavy (non-hydrogen) atoms. The maximum atomic E-state index is 11.7. The van der Waals surface area contributed by atoms with Crippen molar-refractivity contribution in [2.24, 2.45) is 5.92 Å². The van der Waals surface area contributed by atoms with Crippen molar-refractivity contribution in [1.29, 1.82) is 0 Å². The summed E-state index contributed by atoms with van der Waals surface area (Å²) in [6.07, 6.45) is 3.85. The van der Waals surface area contributed by atoms with Crippen molar-refractivity contribution in [1.82, 2.24) is 20.1 Å². The molecule has 0 spiro atoms. The van der Waals surface area contributed by atoms with Crippen LogP contribution in [0.2, 0.25) is 0 Å². The van der Waals surface area contributed by atoms with Crippen LogP contribution in [0.5, 0.6) is 0 Å². The molecule has 1 aromatic rings. The molecular weight excluding hydrogens is 206 g/mol. The van der Waals surface area contributed by atoms with Gasteiger partial charge in [0.1, 0.15) is 12.9 Å². The summed E-state index contributed by atoms with van der Waals surface area (Å²) in [5.74, 6) is 0.744. The van der Waals surface area contributed by atoms with Crippen LogP contribution in [0.3, 0.4) is 0 Å². The van der Waals surface area contributed by atoms with Gasteiger partial charge in [0.15, 0.2) is 0 Å². The Bertz CT molecular complexity index is 394. The molecular formula is C10H17N5O. The number of hydrogen-bond donors (Lipinski definition) is 2. The summed E-state index contributed by atoms with van der Waals surface area (Å²) >= 11 is 0. The molecule has 2 rings (SSSR count). The fourth-order valence-corrected chi connectivity index (χ4v) is 1.84. The van der Waals surface area contributed by atoms with Crippen LogP contribution in [-0.4, -0.2) is 26.2 Å². The maximum Gasteiger partial charge on any atom is 0.242 e. The van der Waals surface area contributed by atoms with E-state index in [-0.39, 0.29) is 23.9 Å². The van der Waals surface area contributed by atoms with Crippen molar-refractivity contribution in [2.45, 2.75) is 38.8 Å². The molecule has 1 saturated carbocycles. The van der Waals surface area contributed by atoms with E-state index in [1.165, 1.54) is 23.9 Å². The molecule has 0 bridgehead atoms. The Kier molecular flexibility index (Phi) is 2.57. The molecule has 3 N–H and O–H groups in total. The van der Waals surface area contributed by atoms with Crippen LogP contribution in [-0.2, 0) is 11.3 Å². The van der Waals surface area contributed by atoms with Crippen molar-refractivity contribution in [3.8, 4) is 0 Å². The molecule has 1 aromatic heterocycles. The quantitative estimate of drug-likeness (QED) is 0.761. The topological polar surface area (TPSA) is 85.8 Å². The van der Waals surface area contributed by atoms with Gasteiger partial charge in [-0.15, -0.1) is 5.10 Å². The molecule has 6 heteroatoms. The van der Waals surface area contributed by atoms with Crippen LogP contribution in [0.4, 0.5) is 5.95 Å². The highest BCUT2D eigenvalue weighted by atomic mass is 16.2. The van der Waals surface area contributed by atoms with Gasteiger partial charge in [0, 0.05) is 5.54 Å². The van der Waals surface area contributed by atoms with Gasteiger partial charge in [-0.25, -0.2) is 9.67 Å². The summed E-state index contributed by atoms with van der Waals surface area (Å²) in [5, 5.41) is 6.87. The van der Waals surface area contributed by atoms with Gasteiger partial charge in [0.05, 0.1) is 0 Å². The summed E-state index contributed by atoms with van der Waals surface area (Å²) < 4.78 is 1.44. The first-order valence-corrected chi connectivity index (χ1v) is 5.43. The number of carbonyl (C=O) groups is 1. The fourth-order valence-electron chi connectivity index (χ4n) is 1.84. The number of anilines is 1. The van der Waals surface area contributed by atoms with E-state index in [0.29, 0.717) is 5.92 Å². The Hall–Kier alpha value is -1.59. The molecule has 0 saturated heterocycles. The molecule has 0 aliphatic heterocycles. The third kappa shape index (κ3) is 2.50. The second kappa shape index (κ2) is 3.77. The first-order valence-electron chi connectivity index (χ1n) is 5.43. The predicted octanol–water partition coefficient (Wildman–Crippen LogP) is 0.165. The average molecular weight is 223 g/mol. The van der Waals surface area contributed by atoms with E-state index in [2.05, 4.69) is 29.2 Å². The maximum absolute atomic E-state index is 11.7. The van der Waals surface area contributed by atoms with Crippen LogP contribution in [0.15, 0.2) is 6.33 Å². The number of hydrogen-bond acceptors (Lipinski definition) is 4. The van der Waals surface area contributed by atoms with Crippen LogP contribution < -0.4 is 11.1 Å². The second-order valence-corrected chi connectivity index (χ2v) is 4.84. The normalized spacial score (nSPS) is 16.1. The van der Waals surface area contributed by atoms with E-state index in [0.717, 1.165) is 0 Å². The molecule has 1 amide bonds. The van der Waals surface area contributed by atoms with Crippen LogP contribution in [0.1, 0.15) is 26.7 Å². The van der Waals surface area contributed by atoms with Crippen molar-refractivity contribution < 1.29 is 4.79 Å². The molecule has 0 radical (unpaired) electrons. The number of nitrogens with two attached hydrogens (primary N) is 1. The van der Waals surface area contributed by atoms with E-state index in [9.17, 15) is 4.79 Å². The molecule has 1 aliphatic carbocycles. The van der Waals surface area contributed by atoms with Crippen molar-refractivity contribution in [3.05, 3.63) is 6.33 Å². The summed E-state index contributed by atoms with van der Waals surface area (Å²) in [6.45, 7) is 4.27. The van der Waals surface area contributed by atoms with Crippen LogP contribution >= 0.6 is 0 Å². The molecule has 1 heterocycles. The van der Waals surface area contributed by atoms with Gasteiger partial charge in [-0.2, -0.15) is 0 Å². The van der Waals surface area contributed by atoms with Crippen molar-refractivity contribution in [2.75, 3.05) is 5.73 Å². The van der Waals surface area contributed by atoms with Gasteiger partial charge < -0.3 is 11.1 Å². The fraction of sp³-hybridized carbons (Fsp3) is 0.700. The lowest BCUT2D eigenvalue weighted by Crippen LogP contribution is -2.46. The van der Waals surface area contributed by atoms with Gasteiger partial charge in [0.25, 0.3) is 0 Å². The SMILES string of the molecule is CC(C)(NC(=O)Cn1cnc(N)n1)C1CC1. The van der Waals surface area contributed by atoms with E-state index in [4.69, 9.17) is 5.73 Å². The number of nitrogens with zero attached hydrogens (tertiary/aromatic N) is 3. The van der Waals surface area contributed by atoms with Crippen molar-refractivity contribution in [3.63, 3.8) is 0 Å².